The summed E-state index contributed by atoms with van der Waals surface area (Å²) in [6.45, 7) is 8.85. The standard InChI is InChI=1S/C25H30N2O3.CO2/c1-24(2)12-15-29-22-9-8-19(16-21(22)24)17-26-13-10-25(11-14-26)18-27(23(28)30-25)20-6-4-3-5-7-20;2-1-3/h3-9,16H,10-15,17-18H2,1-2H3;. The van der Waals surface area contributed by atoms with Crippen molar-refractivity contribution in [2.24, 2.45) is 0 Å². The fourth-order valence-corrected chi connectivity index (χ4v) is 4.95. The number of rotatable bonds is 3. The summed E-state index contributed by atoms with van der Waals surface area (Å²) in [5, 5.41) is 0. The monoisotopic (exact) mass is 450 g/mol. The molecule has 0 saturated carbocycles. The lowest BCUT2D eigenvalue weighted by Crippen LogP contribution is -2.46. The third-order valence-electron chi connectivity index (χ3n) is 6.97. The van der Waals surface area contributed by atoms with Crippen molar-refractivity contribution in [3.05, 3.63) is 59.7 Å². The van der Waals surface area contributed by atoms with Gasteiger partial charge in [0, 0.05) is 43.7 Å². The maximum Gasteiger partial charge on any atom is 0.415 e. The number of para-hydroxylation sites is 1. The molecule has 2 saturated heterocycles. The van der Waals surface area contributed by atoms with E-state index in [-0.39, 0.29) is 23.3 Å². The molecular weight excluding hydrogens is 420 g/mol. The summed E-state index contributed by atoms with van der Waals surface area (Å²) < 4.78 is 11.8. The van der Waals surface area contributed by atoms with Crippen molar-refractivity contribution in [2.45, 2.75) is 50.7 Å². The second-order valence-electron chi connectivity index (χ2n) is 9.65. The van der Waals surface area contributed by atoms with E-state index in [1.165, 1.54) is 11.1 Å². The molecule has 3 aliphatic heterocycles. The van der Waals surface area contributed by atoms with Crippen molar-refractivity contribution < 1.29 is 23.9 Å². The van der Waals surface area contributed by atoms with E-state index in [0.717, 1.165) is 56.9 Å². The number of benzene rings is 2. The Labute approximate surface area is 194 Å². The van der Waals surface area contributed by atoms with Gasteiger partial charge in [-0.15, -0.1) is 0 Å². The molecular formula is C26H30N2O5. The molecule has 2 fully saturated rings. The van der Waals surface area contributed by atoms with Gasteiger partial charge in [-0.05, 0) is 35.6 Å². The molecule has 3 aliphatic rings. The minimum Gasteiger partial charge on any atom is -0.493 e. The van der Waals surface area contributed by atoms with Crippen LogP contribution in [-0.4, -0.2) is 49.0 Å². The number of nitrogens with zero attached hydrogens (tertiary/aromatic N) is 2. The SMILES string of the molecule is CC1(C)CCOc2ccc(CN3CCC4(CC3)CN(c3ccccc3)C(=O)O4)cc21.O=C=O. The molecule has 174 valence electrons. The van der Waals surface area contributed by atoms with Crippen molar-refractivity contribution in [2.75, 3.05) is 31.1 Å². The van der Waals surface area contributed by atoms with Crippen LogP contribution in [0.1, 0.15) is 44.2 Å². The van der Waals surface area contributed by atoms with Crippen molar-refractivity contribution in [3.63, 3.8) is 0 Å². The summed E-state index contributed by atoms with van der Waals surface area (Å²) >= 11 is 0. The average molecular weight is 451 g/mol. The predicted octanol–water partition coefficient (Wildman–Crippen LogP) is 4.15. The van der Waals surface area contributed by atoms with Crippen molar-refractivity contribution >= 4 is 17.9 Å². The Hall–Kier alpha value is -3.15. The molecule has 7 nitrogen and oxygen atoms in total. The zero-order valence-electron chi connectivity index (χ0n) is 19.2. The van der Waals surface area contributed by atoms with Crippen LogP contribution in [0.25, 0.3) is 0 Å². The number of amides is 1. The molecule has 3 heterocycles. The highest BCUT2D eigenvalue weighted by atomic mass is 16.6. The number of carbonyl (C=O) groups is 1. The molecule has 0 atom stereocenters. The average Bonchev–Trinajstić information content (AvgIpc) is 3.13. The van der Waals surface area contributed by atoms with Gasteiger partial charge in [-0.1, -0.05) is 44.2 Å². The first-order chi connectivity index (χ1) is 15.9. The molecule has 0 radical (unpaired) electrons. The first kappa shape index (κ1) is 23.0. The molecule has 0 aromatic heterocycles. The Balaban J connectivity index is 0.000000821. The van der Waals surface area contributed by atoms with Gasteiger partial charge >= 0.3 is 12.2 Å². The highest BCUT2D eigenvalue weighted by Gasteiger charge is 2.47. The molecule has 0 bridgehead atoms. The van der Waals surface area contributed by atoms with Crippen LogP contribution in [0.4, 0.5) is 10.5 Å². The van der Waals surface area contributed by atoms with Gasteiger partial charge in [-0.3, -0.25) is 9.80 Å². The number of piperidine rings is 1. The van der Waals surface area contributed by atoms with Crippen LogP contribution in [0.2, 0.25) is 0 Å². The second-order valence-corrected chi connectivity index (χ2v) is 9.65. The van der Waals surface area contributed by atoms with Crippen LogP contribution in [-0.2, 0) is 26.3 Å². The Morgan fingerprint density at radius 1 is 1.00 bits per heavy atom. The Kier molecular flexibility index (Phi) is 6.54. The highest BCUT2D eigenvalue weighted by Crippen LogP contribution is 2.39. The molecule has 5 rings (SSSR count). The topological polar surface area (TPSA) is 76.2 Å². The van der Waals surface area contributed by atoms with E-state index < -0.39 is 0 Å². The number of carbonyl (C=O) groups excluding carboxylic acids is 3. The third-order valence-corrected chi connectivity index (χ3v) is 6.97. The van der Waals surface area contributed by atoms with Crippen LogP contribution in [0.15, 0.2) is 48.5 Å². The normalized spacial score (nSPS) is 20.7. The number of hydrogen-bond acceptors (Lipinski definition) is 6. The van der Waals surface area contributed by atoms with E-state index in [1.807, 2.05) is 30.3 Å². The third kappa shape index (κ3) is 4.95. The second kappa shape index (κ2) is 9.38. The number of anilines is 1. The van der Waals surface area contributed by atoms with Crippen molar-refractivity contribution in [1.29, 1.82) is 0 Å². The first-order valence-electron chi connectivity index (χ1n) is 11.4. The van der Waals surface area contributed by atoms with Crippen LogP contribution in [0, 0.1) is 0 Å². The minimum absolute atomic E-state index is 0.161. The van der Waals surface area contributed by atoms with Gasteiger partial charge in [0.05, 0.1) is 13.2 Å². The van der Waals surface area contributed by atoms with Gasteiger partial charge in [0.25, 0.3) is 0 Å². The summed E-state index contributed by atoms with van der Waals surface area (Å²) in [5.74, 6) is 1.03. The summed E-state index contributed by atoms with van der Waals surface area (Å²) in [4.78, 5) is 33.0. The molecule has 0 unspecified atom stereocenters. The Bertz CT molecular complexity index is 1020. The van der Waals surface area contributed by atoms with Crippen molar-refractivity contribution in [3.8, 4) is 5.75 Å². The summed E-state index contributed by atoms with van der Waals surface area (Å²) in [5.41, 5.74) is 3.38. The lowest BCUT2D eigenvalue weighted by atomic mass is 9.79. The molecule has 2 aromatic rings. The summed E-state index contributed by atoms with van der Waals surface area (Å²) in [7, 11) is 0. The lowest BCUT2D eigenvalue weighted by molar-refractivity contribution is -0.191. The smallest absolute Gasteiger partial charge is 0.415 e. The molecule has 0 aliphatic carbocycles. The van der Waals surface area contributed by atoms with Crippen LogP contribution in [0.5, 0.6) is 5.75 Å². The first-order valence-corrected chi connectivity index (χ1v) is 11.4. The zero-order chi connectivity index (χ0) is 23.5. The van der Waals surface area contributed by atoms with Crippen LogP contribution in [0.3, 0.4) is 0 Å². The van der Waals surface area contributed by atoms with Gasteiger partial charge in [0.2, 0.25) is 0 Å². The zero-order valence-corrected chi connectivity index (χ0v) is 19.2. The molecule has 1 spiro atoms. The van der Waals surface area contributed by atoms with E-state index in [0.29, 0.717) is 6.54 Å². The molecule has 2 aromatic carbocycles. The Morgan fingerprint density at radius 2 is 1.70 bits per heavy atom. The minimum atomic E-state index is -0.352. The van der Waals surface area contributed by atoms with Gasteiger partial charge in [-0.2, -0.15) is 9.59 Å². The lowest BCUT2D eigenvalue weighted by Gasteiger charge is -2.38. The van der Waals surface area contributed by atoms with Crippen molar-refractivity contribution in [1.82, 2.24) is 4.90 Å². The van der Waals surface area contributed by atoms with Crippen LogP contribution >= 0.6 is 0 Å². The number of ether oxygens (including phenoxy) is 2. The Morgan fingerprint density at radius 3 is 2.39 bits per heavy atom. The van der Waals surface area contributed by atoms with E-state index in [4.69, 9.17) is 19.1 Å². The van der Waals surface area contributed by atoms with Gasteiger partial charge < -0.3 is 9.47 Å². The maximum absolute atomic E-state index is 12.5. The summed E-state index contributed by atoms with van der Waals surface area (Å²) in [6.07, 6.45) is 2.84. The highest BCUT2D eigenvalue weighted by molar-refractivity contribution is 5.90. The van der Waals surface area contributed by atoms with Gasteiger partial charge in [-0.25, -0.2) is 4.79 Å². The number of hydrogen-bond donors (Lipinski definition) is 0. The van der Waals surface area contributed by atoms with E-state index in [2.05, 4.69) is 36.9 Å². The predicted molar refractivity (Wildman–Crippen MR) is 122 cm³/mol. The number of likely N-dealkylation sites (tertiary alicyclic amines) is 1. The fraction of sp³-hybridized carbons (Fsp3) is 0.462. The quantitative estimate of drug-likeness (QED) is 0.699. The van der Waals surface area contributed by atoms with Crippen LogP contribution < -0.4 is 9.64 Å². The molecule has 7 heteroatoms. The molecule has 1 amide bonds. The molecule has 0 N–H and O–H groups in total. The molecule has 33 heavy (non-hydrogen) atoms. The largest absolute Gasteiger partial charge is 0.493 e. The fourth-order valence-electron chi connectivity index (χ4n) is 4.95. The van der Waals surface area contributed by atoms with E-state index >= 15 is 0 Å². The number of fused-ring (bicyclic) bond motifs is 1. The maximum atomic E-state index is 12.5. The van der Waals surface area contributed by atoms with E-state index in [9.17, 15) is 4.79 Å². The van der Waals surface area contributed by atoms with Gasteiger partial charge in [0.1, 0.15) is 11.4 Å². The van der Waals surface area contributed by atoms with E-state index in [1.54, 1.807) is 4.90 Å². The van der Waals surface area contributed by atoms with Gasteiger partial charge in [0.15, 0.2) is 0 Å². The summed E-state index contributed by atoms with van der Waals surface area (Å²) in [6, 6.07) is 16.5.